The smallest absolute Gasteiger partial charge is 0.465 e. The first-order valence-corrected chi connectivity index (χ1v) is 13.2. The van der Waals surface area contributed by atoms with Crippen LogP contribution in [0.4, 0.5) is 48.2 Å². The van der Waals surface area contributed by atoms with Crippen LogP contribution in [0.2, 0.25) is 0 Å². The lowest BCUT2D eigenvalue weighted by molar-refractivity contribution is -0.185. The number of carbonyl (C=O) groups is 3. The minimum atomic E-state index is -5.21. The van der Waals surface area contributed by atoms with Crippen LogP contribution in [-0.4, -0.2) is 103 Å². The van der Waals surface area contributed by atoms with Gasteiger partial charge >= 0.3 is 30.3 Å². The van der Waals surface area contributed by atoms with Crippen LogP contribution in [0, 0.1) is 6.92 Å². The second kappa shape index (κ2) is 11.9. The maximum atomic E-state index is 13.8. The number of piperazine rings is 1. The molecule has 3 rings (SSSR count). The monoisotopic (exact) mass is 595 g/mol. The predicted molar refractivity (Wildman–Crippen MR) is 140 cm³/mol. The summed E-state index contributed by atoms with van der Waals surface area (Å²) in [5.74, 6) is -4.10. The van der Waals surface area contributed by atoms with Crippen LogP contribution in [0.1, 0.15) is 39.2 Å². The molecule has 9 nitrogen and oxygen atoms in total. The number of alkyl halides is 6. The number of carbonyl (C=O) groups excluding carboxylic acids is 2. The molecule has 1 aromatic rings. The van der Waals surface area contributed by atoms with E-state index in [9.17, 15) is 45.8 Å². The highest BCUT2D eigenvalue weighted by molar-refractivity contribution is 6.00. The lowest BCUT2D eigenvalue weighted by Crippen LogP contribution is -2.52. The van der Waals surface area contributed by atoms with Gasteiger partial charge in [0.1, 0.15) is 0 Å². The topological polar surface area (TPSA) is 87.6 Å². The standard InChI is InChI=1S/C26H35F6N5O4/c1-17-19(34-10-12-35(13-11-34)21(38)25(27,28)29)15-18(37(23(40)41)24(2,3)4)16-20(17)36(22(39)26(30,31)32)14-9-33-7-5-6-8-33/h15-16H,5-14H2,1-4H3,(H,40,41). The van der Waals surface area contributed by atoms with Gasteiger partial charge in [-0.1, -0.05) is 0 Å². The number of halogens is 6. The molecule has 0 atom stereocenters. The predicted octanol–water partition coefficient (Wildman–Crippen LogP) is 4.48. The van der Waals surface area contributed by atoms with Crippen molar-refractivity contribution >= 4 is 35.0 Å². The number of hydrogen-bond donors (Lipinski definition) is 1. The number of hydrogen-bond acceptors (Lipinski definition) is 5. The summed E-state index contributed by atoms with van der Waals surface area (Å²) in [6.07, 6.45) is -9.88. The number of rotatable bonds is 6. The Hall–Kier alpha value is -3.23. The van der Waals surface area contributed by atoms with E-state index in [0.717, 1.165) is 17.7 Å². The van der Waals surface area contributed by atoms with Gasteiger partial charge in [-0.3, -0.25) is 14.5 Å². The number of anilines is 3. The molecule has 2 heterocycles. The molecule has 0 bridgehead atoms. The molecule has 15 heteroatoms. The second-order valence-corrected chi connectivity index (χ2v) is 11.2. The molecule has 2 aliphatic heterocycles. The van der Waals surface area contributed by atoms with E-state index < -0.39 is 35.8 Å². The van der Waals surface area contributed by atoms with Crippen molar-refractivity contribution in [3.63, 3.8) is 0 Å². The van der Waals surface area contributed by atoms with Crippen molar-refractivity contribution in [2.24, 2.45) is 0 Å². The molecule has 2 aliphatic rings. The van der Waals surface area contributed by atoms with E-state index in [1.54, 1.807) is 25.7 Å². The number of benzene rings is 1. The first kappa shape index (κ1) is 32.3. The molecule has 0 saturated carbocycles. The zero-order chi connectivity index (χ0) is 30.9. The molecular formula is C26H35F6N5O4. The fraction of sp³-hybridized carbons (Fsp3) is 0.654. The Kier molecular flexibility index (Phi) is 9.40. The van der Waals surface area contributed by atoms with Crippen molar-refractivity contribution in [2.75, 3.05) is 67.1 Å². The van der Waals surface area contributed by atoms with E-state index in [1.807, 2.05) is 4.90 Å². The van der Waals surface area contributed by atoms with Gasteiger partial charge in [-0.25, -0.2) is 4.79 Å². The highest BCUT2D eigenvalue weighted by Crippen LogP contribution is 2.39. The van der Waals surface area contributed by atoms with Crippen molar-refractivity contribution in [1.29, 1.82) is 0 Å². The van der Waals surface area contributed by atoms with Gasteiger partial charge in [0, 0.05) is 50.5 Å². The third-order valence-corrected chi connectivity index (χ3v) is 7.22. The largest absolute Gasteiger partial charge is 0.471 e. The second-order valence-electron chi connectivity index (χ2n) is 11.2. The van der Waals surface area contributed by atoms with Gasteiger partial charge < -0.3 is 24.7 Å². The minimum Gasteiger partial charge on any atom is -0.465 e. The van der Waals surface area contributed by atoms with E-state index in [4.69, 9.17) is 0 Å². The molecule has 3 amide bonds. The van der Waals surface area contributed by atoms with Crippen molar-refractivity contribution in [3.8, 4) is 0 Å². The van der Waals surface area contributed by atoms with Crippen molar-refractivity contribution in [2.45, 2.75) is 58.4 Å². The summed E-state index contributed by atoms with van der Waals surface area (Å²) in [4.78, 5) is 42.5. The molecular weight excluding hydrogens is 560 g/mol. The summed E-state index contributed by atoms with van der Waals surface area (Å²) < 4.78 is 80.3. The summed E-state index contributed by atoms with van der Waals surface area (Å²) in [7, 11) is 0. The molecule has 2 saturated heterocycles. The van der Waals surface area contributed by atoms with Crippen LogP contribution in [0.15, 0.2) is 12.1 Å². The maximum Gasteiger partial charge on any atom is 0.471 e. The average Bonchev–Trinajstić information content (AvgIpc) is 3.36. The molecule has 1 N–H and O–H groups in total. The van der Waals surface area contributed by atoms with Gasteiger partial charge in [0.05, 0.1) is 11.4 Å². The molecule has 0 aromatic heterocycles. The molecule has 0 unspecified atom stereocenters. The zero-order valence-corrected chi connectivity index (χ0v) is 23.4. The summed E-state index contributed by atoms with van der Waals surface area (Å²) in [6, 6.07) is 2.67. The Morgan fingerprint density at radius 2 is 1.44 bits per heavy atom. The van der Waals surface area contributed by atoms with Gasteiger partial charge in [0.25, 0.3) is 0 Å². The fourth-order valence-electron chi connectivity index (χ4n) is 5.25. The third kappa shape index (κ3) is 7.54. The first-order chi connectivity index (χ1) is 18.8. The quantitative estimate of drug-likeness (QED) is 0.489. The Morgan fingerprint density at radius 3 is 1.90 bits per heavy atom. The normalized spacial score (nSPS) is 17.1. The summed E-state index contributed by atoms with van der Waals surface area (Å²) in [6.45, 7) is 6.68. The number of carboxylic acid groups (broad SMARTS) is 1. The molecule has 0 radical (unpaired) electrons. The van der Waals surface area contributed by atoms with Crippen LogP contribution < -0.4 is 14.7 Å². The molecule has 2 fully saturated rings. The zero-order valence-electron chi connectivity index (χ0n) is 23.4. The summed E-state index contributed by atoms with van der Waals surface area (Å²) in [5, 5.41) is 10.0. The lowest BCUT2D eigenvalue weighted by atomic mass is 10.0. The fourth-order valence-corrected chi connectivity index (χ4v) is 5.25. The molecule has 41 heavy (non-hydrogen) atoms. The SMILES string of the molecule is Cc1c(N2CCN(C(=O)C(F)(F)F)CC2)cc(N(C(=O)O)C(C)(C)C)cc1N(CCN1CCCC1)C(=O)C(F)(F)F. The minimum absolute atomic E-state index is 0.00413. The van der Waals surface area contributed by atoms with Gasteiger partial charge in [-0.05, 0) is 71.3 Å². The Morgan fingerprint density at radius 1 is 0.878 bits per heavy atom. The van der Waals surface area contributed by atoms with Crippen molar-refractivity contribution < 1.29 is 45.8 Å². The van der Waals surface area contributed by atoms with Crippen LogP contribution in [0.5, 0.6) is 0 Å². The van der Waals surface area contributed by atoms with Crippen LogP contribution in [-0.2, 0) is 9.59 Å². The van der Waals surface area contributed by atoms with E-state index in [2.05, 4.69) is 0 Å². The molecule has 0 aliphatic carbocycles. The van der Waals surface area contributed by atoms with Gasteiger partial charge in [0.2, 0.25) is 0 Å². The molecule has 1 aromatic carbocycles. The number of likely N-dealkylation sites (tertiary alicyclic amines) is 1. The number of amides is 3. The average molecular weight is 596 g/mol. The van der Waals surface area contributed by atoms with Crippen LogP contribution in [0.25, 0.3) is 0 Å². The third-order valence-electron chi connectivity index (χ3n) is 7.22. The van der Waals surface area contributed by atoms with Crippen LogP contribution in [0.3, 0.4) is 0 Å². The Bertz CT molecular complexity index is 1140. The van der Waals surface area contributed by atoms with Crippen molar-refractivity contribution in [3.05, 3.63) is 17.7 Å². The van der Waals surface area contributed by atoms with Crippen molar-refractivity contribution in [1.82, 2.24) is 9.80 Å². The Labute approximate surface area is 234 Å². The van der Waals surface area contributed by atoms with Gasteiger partial charge in [-0.15, -0.1) is 0 Å². The molecule has 230 valence electrons. The lowest BCUT2D eigenvalue weighted by Gasteiger charge is -2.39. The number of nitrogens with zero attached hydrogens (tertiary/aromatic N) is 5. The first-order valence-electron chi connectivity index (χ1n) is 13.2. The van der Waals surface area contributed by atoms with E-state index in [1.165, 1.54) is 19.1 Å². The molecule has 0 spiro atoms. The van der Waals surface area contributed by atoms with Crippen LogP contribution >= 0.6 is 0 Å². The highest BCUT2D eigenvalue weighted by atomic mass is 19.4. The summed E-state index contributed by atoms with van der Waals surface area (Å²) in [5.41, 5.74) is -0.711. The maximum absolute atomic E-state index is 13.8. The Balaban J connectivity index is 2.11. The van der Waals surface area contributed by atoms with Gasteiger partial charge in [-0.2, -0.15) is 26.3 Å². The van der Waals surface area contributed by atoms with E-state index >= 15 is 0 Å². The van der Waals surface area contributed by atoms with E-state index in [-0.39, 0.29) is 61.9 Å². The summed E-state index contributed by atoms with van der Waals surface area (Å²) >= 11 is 0. The van der Waals surface area contributed by atoms with E-state index in [0.29, 0.717) is 22.9 Å². The van der Waals surface area contributed by atoms with Gasteiger partial charge in [0.15, 0.2) is 0 Å². The highest BCUT2D eigenvalue weighted by Gasteiger charge is 2.45.